The maximum absolute atomic E-state index is 12.8. The molecule has 0 aromatic heterocycles. The van der Waals surface area contributed by atoms with Crippen molar-refractivity contribution in [3.05, 3.63) is 58.1 Å². The second kappa shape index (κ2) is 11.8. The van der Waals surface area contributed by atoms with Gasteiger partial charge >= 0.3 is 0 Å². The molecule has 0 saturated heterocycles. The second-order valence-electron chi connectivity index (χ2n) is 6.42. The molecule has 0 fully saturated rings. The third-order valence-electron chi connectivity index (χ3n) is 4.28. The lowest BCUT2D eigenvalue weighted by atomic mass is 10.1. The molecule has 1 amide bonds. The van der Waals surface area contributed by atoms with Gasteiger partial charge in [-0.05, 0) is 60.7 Å². The summed E-state index contributed by atoms with van der Waals surface area (Å²) < 4.78 is 33.2. The van der Waals surface area contributed by atoms with Gasteiger partial charge in [0.25, 0.3) is 0 Å². The predicted molar refractivity (Wildman–Crippen MR) is 123 cm³/mol. The van der Waals surface area contributed by atoms with Crippen molar-refractivity contribution in [2.24, 2.45) is 0 Å². The fourth-order valence-electron chi connectivity index (χ4n) is 2.66. The number of nitrogens with one attached hydrogen (secondary N) is 2. The molecule has 30 heavy (non-hydrogen) atoms. The Hall–Kier alpha value is -1.45. The Morgan fingerprint density at radius 2 is 1.87 bits per heavy atom. The van der Waals surface area contributed by atoms with E-state index in [4.69, 9.17) is 27.9 Å². The van der Waals surface area contributed by atoms with Gasteiger partial charge in [0.05, 0.1) is 12.1 Å². The van der Waals surface area contributed by atoms with E-state index in [1.807, 2.05) is 30.5 Å². The molecule has 0 bridgehead atoms. The van der Waals surface area contributed by atoms with Crippen LogP contribution in [0.4, 0.5) is 0 Å². The average Bonchev–Trinajstić information content (AvgIpc) is 2.73. The highest BCUT2D eigenvalue weighted by Gasteiger charge is 2.27. The summed E-state index contributed by atoms with van der Waals surface area (Å²) in [7, 11) is -2.42. The molecular weight excluding hydrogens is 467 g/mol. The van der Waals surface area contributed by atoms with Gasteiger partial charge in [-0.2, -0.15) is 16.5 Å². The van der Waals surface area contributed by atoms with Crippen LogP contribution in [0.5, 0.6) is 5.75 Å². The van der Waals surface area contributed by atoms with Crippen molar-refractivity contribution in [2.75, 3.05) is 25.7 Å². The largest absolute Gasteiger partial charge is 0.497 e. The number of sulfonamides is 1. The lowest BCUT2D eigenvalue weighted by Crippen LogP contribution is -2.47. The van der Waals surface area contributed by atoms with Gasteiger partial charge in [-0.1, -0.05) is 35.3 Å². The number of hydrogen-bond acceptors (Lipinski definition) is 5. The maximum atomic E-state index is 12.8. The van der Waals surface area contributed by atoms with Crippen LogP contribution >= 0.6 is 35.0 Å². The SMILES string of the molecule is COc1ccc(CCNC(=O)C(CCSC)NS(=O)(=O)c2cc(Cl)ccc2Cl)cc1. The number of ether oxygens (including phenoxy) is 1. The molecule has 0 aliphatic rings. The van der Waals surface area contributed by atoms with Gasteiger partial charge in [0, 0.05) is 11.6 Å². The number of halogens is 2. The van der Waals surface area contributed by atoms with E-state index in [9.17, 15) is 13.2 Å². The van der Waals surface area contributed by atoms with E-state index in [1.165, 1.54) is 30.0 Å². The molecule has 10 heteroatoms. The number of carbonyl (C=O) groups is 1. The molecule has 0 heterocycles. The van der Waals surface area contributed by atoms with Gasteiger partial charge in [0.1, 0.15) is 16.7 Å². The molecule has 0 saturated carbocycles. The normalized spacial score (nSPS) is 12.4. The molecule has 164 valence electrons. The number of methoxy groups -OCH3 is 1. The summed E-state index contributed by atoms with van der Waals surface area (Å²) >= 11 is 13.5. The molecule has 0 radical (unpaired) electrons. The van der Waals surface area contributed by atoms with Gasteiger partial charge in [0.15, 0.2) is 0 Å². The molecular formula is C20H24Cl2N2O4S2. The third-order valence-corrected chi connectivity index (χ3v) is 7.11. The highest BCUT2D eigenvalue weighted by Crippen LogP contribution is 2.25. The predicted octanol–water partition coefficient (Wildman–Crippen LogP) is 3.76. The summed E-state index contributed by atoms with van der Waals surface area (Å²) in [6.45, 7) is 0.376. The van der Waals surface area contributed by atoms with Gasteiger partial charge in [-0.15, -0.1) is 0 Å². The minimum Gasteiger partial charge on any atom is -0.497 e. The van der Waals surface area contributed by atoms with Crippen LogP contribution in [-0.4, -0.2) is 46.0 Å². The Balaban J connectivity index is 2.04. The van der Waals surface area contributed by atoms with E-state index in [1.54, 1.807) is 7.11 Å². The molecule has 0 aliphatic heterocycles. The number of hydrogen-bond donors (Lipinski definition) is 2. The molecule has 1 unspecified atom stereocenters. The lowest BCUT2D eigenvalue weighted by molar-refractivity contribution is -0.122. The van der Waals surface area contributed by atoms with Gasteiger partial charge in [0.2, 0.25) is 15.9 Å². The van der Waals surface area contributed by atoms with Gasteiger partial charge in [-0.3, -0.25) is 4.79 Å². The highest BCUT2D eigenvalue weighted by molar-refractivity contribution is 7.98. The first kappa shape index (κ1) is 24.8. The van der Waals surface area contributed by atoms with E-state index < -0.39 is 16.1 Å². The zero-order valence-corrected chi connectivity index (χ0v) is 19.8. The smallest absolute Gasteiger partial charge is 0.242 e. The summed E-state index contributed by atoms with van der Waals surface area (Å²) in [6, 6.07) is 10.8. The first-order chi connectivity index (χ1) is 14.3. The molecule has 2 aromatic carbocycles. The monoisotopic (exact) mass is 490 g/mol. The minimum atomic E-state index is -4.02. The van der Waals surface area contributed by atoms with Crippen molar-refractivity contribution < 1.29 is 17.9 Å². The summed E-state index contributed by atoms with van der Waals surface area (Å²) in [4.78, 5) is 12.5. The van der Waals surface area contributed by atoms with Crippen LogP contribution in [0.1, 0.15) is 12.0 Å². The van der Waals surface area contributed by atoms with Crippen molar-refractivity contribution in [2.45, 2.75) is 23.8 Å². The average molecular weight is 491 g/mol. The van der Waals surface area contributed by atoms with Crippen molar-refractivity contribution in [1.82, 2.24) is 10.0 Å². The summed E-state index contributed by atoms with van der Waals surface area (Å²) in [6.07, 6.45) is 2.84. The fraction of sp³-hybridized carbons (Fsp3) is 0.350. The van der Waals surface area contributed by atoms with Gasteiger partial charge in [-0.25, -0.2) is 8.42 Å². The Labute approximate surface area is 191 Å². The Bertz CT molecular complexity index is 954. The number of thioether (sulfide) groups is 1. The molecule has 1 atom stereocenters. The zero-order chi connectivity index (χ0) is 22.1. The quantitative estimate of drug-likeness (QED) is 0.500. The fourth-order valence-corrected chi connectivity index (χ4v) is 5.12. The molecule has 2 aromatic rings. The first-order valence-electron chi connectivity index (χ1n) is 9.14. The highest BCUT2D eigenvalue weighted by atomic mass is 35.5. The van der Waals surface area contributed by atoms with Crippen molar-refractivity contribution in [3.63, 3.8) is 0 Å². The third kappa shape index (κ3) is 7.35. The van der Waals surface area contributed by atoms with Crippen molar-refractivity contribution >= 4 is 50.9 Å². The summed E-state index contributed by atoms with van der Waals surface area (Å²) in [5, 5.41) is 3.08. The first-order valence-corrected chi connectivity index (χ1v) is 12.8. The maximum Gasteiger partial charge on any atom is 0.242 e. The zero-order valence-electron chi connectivity index (χ0n) is 16.7. The molecule has 6 nitrogen and oxygen atoms in total. The van der Waals surface area contributed by atoms with Crippen molar-refractivity contribution in [3.8, 4) is 5.75 Å². The number of amides is 1. The van der Waals surface area contributed by atoms with Crippen LogP contribution in [-0.2, 0) is 21.2 Å². The Morgan fingerprint density at radius 1 is 1.17 bits per heavy atom. The molecule has 0 spiro atoms. The number of rotatable bonds is 11. The second-order valence-corrected chi connectivity index (χ2v) is 9.93. The van der Waals surface area contributed by atoms with Crippen LogP contribution in [0.2, 0.25) is 10.0 Å². The van der Waals surface area contributed by atoms with Crippen molar-refractivity contribution in [1.29, 1.82) is 0 Å². The van der Waals surface area contributed by atoms with E-state index in [0.717, 1.165) is 11.3 Å². The Morgan fingerprint density at radius 3 is 2.50 bits per heavy atom. The summed E-state index contributed by atoms with van der Waals surface area (Å²) in [5.74, 6) is 0.982. The summed E-state index contributed by atoms with van der Waals surface area (Å²) in [5.41, 5.74) is 1.03. The van der Waals surface area contributed by atoms with Crippen LogP contribution in [0.3, 0.4) is 0 Å². The lowest BCUT2D eigenvalue weighted by Gasteiger charge is -2.19. The van der Waals surface area contributed by atoms with Crippen LogP contribution in [0, 0.1) is 0 Å². The Kier molecular flexibility index (Phi) is 9.77. The molecule has 2 N–H and O–H groups in total. The van der Waals surface area contributed by atoms with Crippen LogP contribution in [0.25, 0.3) is 0 Å². The van der Waals surface area contributed by atoms with Gasteiger partial charge < -0.3 is 10.1 Å². The van der Waals surface area contributed by atoms with E-state index in [2.05, 4.69) is 10.0 Å². The number of carbonyl (C=O) groups excluding carboxylic acids is 1. The molecule has 2 rings (SSSR count). The van der Waals surface area contributed by atoms with E-state index in [0.29, 0.717) is 25.1 Å². The van der Waals surface area contributed by atoms with E-state index in [-0.39, 0.29) is 20.8 Å². The van der Waals surface area contributed by atoms with Crippen LogP contribution < -0.4 is 14.8 Å². The standard InChI is InChI=1S/C20H24Cl2N2O4S2/c1-28-16-6-3-14(4-7-16)9-11-23-20(25)18(10-12-29-2)24-30(26,27)19-13-15(21)5-8-17(19)22/h3-8,13,18,24H,9-12H2,1-2H3,(H,23,25). The minimum absolute atomic E-state index is 0.0374. The van der Waals surface area contributed by atoms with Crippen LogP contribution in [0.15, 0.2) is 47.4 Å². The topological polar surface area (TPSA) is 84.5 Å². The molecule has 0 aliphatic carbocycles. The number of benzene rings is 2. The van der Waals surface area contributed by atoms with E-state index >= 15 is 0 Å².